The molecule has 0 N–H and O–H groups in total. The minimum Gasteiger partial charge on any atom is -0.457 e. The van der Waals surface area contributed by atoms with Crippen LogP contribution in [0.2, 0.25) is 0 Å². The monoisotopic (exact) mass is 781 g/mol. The predicted octanol–water partition coefficient (Wildman–Crippen LogP) is 15.2. The van der Waals surface area contributed by atoms with Crippen LogP contribution in [0.1, 0.15) is 58.6 Å². The van der Waals surface area contributed by atoms with Crippen molar-refractivity contribution in [1.29, 1.82) is 0 Å². The van der Waals surface area contributed by atoms with Crippen molar-refractivity contribution in [2.75, 3.05) is 4.90 Å². The van der Waals surface area contributed by atoms with E-state index in [2.05, 4.69) is 102 Å². The molecule has 1 aliphatic heterocycles. The van der Waals surface area contributed by atoms with Crippen LogP contribution in [-0.4, -0.2) is 0 Å². The van der Waals surface area contributed by atoms with Crippen LogP contribution in [0.15, 0.2) is 218 Å². The molecule has 0 amide bonds. The fourth-order valence-electron chi connectivity index (χ4n) is 9.51. The third-order valence-corrected chi connectivity index (χ3v) is 13.0. The maximum atomic E-state index is 9.11. The van der Waals surface area contributed by atoms with Crippen molar-refractivity contribution in [2.45, 2.75) is 11.3 Å². The number of nitrogens with zero attached hydrogens (tertiary/aromatic N) is 1. The number of fused-ring (bicyclic) bond motifs is 12. The Bertz CT molecular complexity index is 3640. The van der Waals surface area contributed by atoms with Gasteiger partial charge in [-0.05, 0) is 81.9 Å². The summed E-state index contributed by atoms with van der Waals surface area (Å²) in [5.41, 5.74) is 8.77. The van der Waals surface area contributed by atoms with E-state index in [0.717, 1.165) is 77.4 Å². The molecule has 278 valence electrons. The summed E-state index contributed by atoms with van der Waals surface area (Å²) >= 11 is 1.44. The van der Waals surface area contributed by atoms with E-state index in [1.165, 1.54) is 11.3 Å². The summed E-state index contributed by atoms with van der Waals surface area (Å²) in [5, 5.41) is 1.68. The Morgan fingerprint density at radius 2 is 1.12 bits per heavy atom. The van der Waals surface area contributed by atoms with E-state index < -0.39 is 71.8 Å². The van der Waals surface area contributed by atoms with Gasteiger partial charge in [0.1, 0.15) is 11.5 Å². The quantitative estimate of drug-likeness (QED) is 0.156. The van der Waals surface area contributed by atoms with E-state index in [9.17, 15) is 0 Å². The van der Waals surface area contributed by atoms with Gasteiger partial charge in [0.25, 0.3) is 0 Å². The molecule has 0 saturated carbocycles. The van der Waals surface area contributed by atoms with E-state index in [0.29, 0.717) is 10.3 Å². The van der Waals surface area contributed by atoms with Gasteiger partial charge in [-0.25, -0.2) is 0 Å². The first-order valence-electron chi connectivity index (χ1n) is 24.5. The molecule has 9 aromatic carbocycles. The molecular formula is C56H37NOS. The maximum absolute atomic E-state index is 9.11. The molecule has 2 aliphatic rings. The lowest BCUT2D eigenvalue weighted by atomic mass is 9.66. The number of anilines is 3. The molecule has 0 bridgehead atoms. The normalized spacial score (nSPS) is 15.5. The van der Waals surface area contributed by atoms with Crippen LogP contribution in [-0.2, 0) is 5.41 Å². The van der Waals surface area contributed by atoms with Gasteiger partial charge in [-0.2, -0.15) is 0 Å². The lowest BCUT2D eigenvalue weighted by molar-refractivity contribution is 0.436. The second kappa shape index (κ2) is 13.4. The van der Waals surface area contributed by atoms with E-state index in [1.807, 2.05) is 54.6 Å². The number of thiophene rings is 1. The minimum absolute atomic E-state index is 0.175. The molecular weight excluding hydrogens is 735 g/mol. The topological polar surface area (TPSA) is 12.5 Å². The molecule has 10 aromatic rings. The van der Waals surface area contributed by atoms with Gasteiger partial charge >= 0.3 is 0 Å². The smallest absolute Gasteiger partial charge is 0.132 e. The molecule has 59 heavy (non-hydrogen) atoms. The van der Waals surface area contributed by atoms with E-state index in [4.69, 9.17) is 18.4 Å². The highest BCUT2D eigenvalue weighted by Gasteiger charge is 2.51. The van der Waals surface area contributed by atoms with Gasteiger partial charge in [0, 0.05) is 54.2 Å². The van der Waals surface area contributed by atoms with Crippen LogP contribution in [0.5, 0.6) is 11.5 Å². The van der Waals surface area contributed by atoms with Crippen LogP contribution >= 0.6 is 11.3 Å². The van der Waals surface area contributed by atoms with Gasteiger partial charge in [-0.15, -0.1) is 11.3 Å². The predicted molar refractivity (Wildman–Crippen MR) is 245 cm³/mol. The van der Waals surface area contributed by atoms with E-state index in [1.54, 1.807) is 6.07 Å². The first-order chi connectivity index (χ1) is 33.4. The highest BCUT2D eigenvalue weighted by Crippen LogP contribution is 2.64. The van der Waals surface area contributed by atoms with Crippen LogP contribution in [0.4, 0.5) is 17.1 Å². The van der Waals surface area contributed by atoms with Gasteiger partial charge in [0.15, 0.2) is 0 Å². The van der Waals surface area contributed by atoms with Gasteiger partial charge < -0.3 is 9.64 Å². The summed E-state index contributed by atoms with van der Waals surface area (Å²) in [7, 11) is 0. The van der Waals surface area contributed by atoms with Crippen molar-refractivity contribution < 1.29 is 18.4 Å². The minimum atomic E-state index is -1.33. The van der Waals surface area contributed by atoms with Crippen LogP contribution < -0.4 is 9.64 Å². The SMILES string of the molecule is [2H]c1c([2H])c([2H])c(C(c2c([2H])c([2H])c([2H])c([2H])c2[2H])c2cccc3c2sc2ccc(N(c4ccccc4)c4cccc5c4-c4ccccc4C54c5ccccc5Oc5ccccc54)cc23)c([2H])c1[2H]. The standard InChI is InChI=1S/C56H37NOS/c1-4-18-37(19-5-1)53(38-20-6-2-7-21-38)43-26-16-25-41-44-36-40(34-35-52(44)59-55(41)43)57(39-22-8-3-9-23-39)49-31-17-30-48-54(49)42-24-10-11-27-45(42)56(48)46-28-12-14-32-50(46)58-51-33-15-13-29-47(51)56/h1-36,53H/i1D,2D,4D,5D,6D,7D,18D,19D,20D,21D. The van der Waals surface area contributed by atoms with Crippen molar-refractivity contribution in [3.05, 3.63) is 257 Å². The lowest BCUT2D eigenvalue weighted by Crippen LogP contribution is -2.32. The maximum Gasteiger partial charge on any atom is 0.132 e. The van der Waals surface area contributed by atoms with Crippen LogP contribution in [0, 0.1) is 0 Å². The third kappa shape index (κ3) is 5.05. The summed E-state index contributed by atoms with van der Waals surface area (Å²) in [6.45, 7) is 0. The van der Waals surface area contributed by atoms with Gasteiger partial charge in [-0.1, -0.05) is 170 Å². The highest BCUT2D eigenvalue weighted by atomic mass is 32.1. The van der Waals surface area contributed by atoms with Crippen molar-refractivity contribution in [3.8, 4) is 22.6 Å². The van der Waals surface area contributed by atoms with Crippen molar-refractivity contribution in [2.24, 2.45) is 0 Å². The molecule has 0 unspecified atom stereocenters. The van der Waals surface area contributed by atoms with Crippen LogP contribution in [0.3, 0.4) is 0 Å². The fourth-order valence-corrected chi connectivity index (χ4v) is 10.7. The average molecular weight is 782 g/mol. The molecule has 0 saturated heterocycles. The number of hydrogen-bond donors (Lipinski definition) is 0. The van der Waals surface area contributed by atoms with Crippen molar-refractivity contribution in [3.63, 3.8) is 0 Å². The van der Waals surface area contributed by atoms with E-state index >= 15 is 0 Å². The molecule has 3 heteroatoms. The number of rotatable bonds is 6. The molecule has 0 atom stereocenters. The average Bonchev–Trinajstić information content (AvgIpc) is 3.90. The zero-order valence-electron chi connectivity index (χ0n) is 41.4. The molecule has 2 nitrogen and oxygen atoms in total. The van der Waals surface area contributed by atoms with E-state index in [-0.39, 0.29) is 11.1 Å². The third-order valence-electron chi connectivity index (χ3n) is 11.8. The Morgan fingerprint density at radius 3 is 1.83 bits per heavy atom. The van der Waals surface area contributed by atoms with Gasteiger partial charge in [0.05, 0.1) is 24.8 Å². The van der Waals surface area contributed by atoms with Crippen LogP contribution in [0.25, 0.3) is 31.3 Å². The lowest BCUT2D eigenvalue weighted by Gasteiger charge is -2.39. The fraction of sp³-hybridized carbons (Fsp3) is 0.0357. The summed E-state index contributed by atoms with van der Waals surface area (Å²) in [5.74, 6) is 0.279. The zero-order chi connectivity index (χ0) is 47.6. The van der Waals surface area contributed by atoms with Crippen molar-refractivity contribution >= 4 is 48.6 Å². The summed E-state index contributed by atoms with van der Waals surface area (Å²) in [6, 6.07) is 48.2. The Hall–Kier alpha value is -7.20. The second-order valence-electron chi connectivity index (χ2n) is 14.8. The largest absolute Gasteiger partial charge is 0.457 e. The Balaban J connectivity index is 1.11. The molecule has 2 heterocycles. The zero-order valence-corrected chi connectivity index (χ0v) is 32.2. The van der Waals surface area contributed by atoms with Gasteiger partial charge in [0.2, 0.25) is 0 Å². The van der Waals surface area contributed by atoms with Crippen molar-refractivity contribution in [1.82, 2.24) is 0 Å². The highest BCUT2D eigenvalue weighted by molar-refractivity contribution is 7.26. The Morgan fingerprint density at radius 1 is 0.508 bits per heavy atom. The second-order valence-corrected chi connectivity index (χ2v) is 15.8. The molecule has 1 aromatic heterocycles. The Labute approximate surface area is 361 Å². The summed E-state index contributed by atoms with van der Waals surface area (Å²) < 4.78 is 95.9. The molecule has 1 aliphatic carbocycles. The molecule has 1 spiro atoms. The number of ether oxygens (including phenoxy) is 1. The Kier molecular flexibility index (Phi) is 5.75. The first kappa shape index (κ1) is 25.2. The molecule has 0 radical (unpaired) electrons. The number of benzene rings is 9. The summed E-state index contributed by atoms with van der Waals surface area (Å²) in [6.07, 6.45) is 0. The summed E-state index contributed by atoms with van der Waals surface area (Å²) in [4.78, 5) is 2.28. The number of hydrogen-bond acceptors (Lipinski definition) is 3. The molecule has 0 fully saturated rings. The van der Waals surface area contributed by atoms with Gasteiger partial charge in [-0.3, -0.25) is 0 Å². The first-order valence-corrected chi connectivity index (χ1v) is 20.3. The number of para-hydroxylation sites is 3. The molecule has 12 rings (SSSR count).